The van der Waals surface area contributed by atoms with Crippen LogP contribution in [0.3, 0.4) is 0 Å². The molecular weight excluding hydrogens is 438 g/mol. The summed E-state index contributed by atoms with van der Waals surface area (Å²) < 4.78 is 14.6. The molecule has 2 N–H and O–H groups in total. The molecule has 0 saturated carbocycles. The van der Waals surface area contributed by atoms with Gasteiger partial charge in [-0.05, 0) is 25.3 Å². The van der Waals surface area contributed by atoms with Gasteiger partial charge < -0.3 is 29.2 Å². The molecule has 0 aliphatic carbocycles. The minimum absolute atomic E-state index is 0.0215. The molecule has 0 fully saturated rings. The average Bonchev–Trinajstić information content (AvgIpc) is 3.50. The number of ether oxygens (including phenoxy) is 2. The first kappa shape index (κ1) is 23.3. The monoisotopic (exact) mass is 467 g/mol. The van der Waals surface area contributed by atoms with E-state index in [9.17, 15) is 14.4 Å². The molecular formula is C24H29N5O5. The highest BCUT2D eigenvalue weighted by molar-refractivity contribution is 6.00. The number of hydrogen-bond donors (Lipinski definition) is 2. The van der Waals surface area contributed by atoms with Gasteiger partial charge in [-0.2, -0.15) is 0 Å². The van der Waals surface area contributed by atoms with Crippen molar-refractivity contribution in [2.45, 2.75) is 46.3 Å². The predicted molar refractivity (Wildman–Crippen MR) is 126 cm³/mol. The first-order valence-corrected chi connectivity index (χ1v) is 11.4. The minimum atomic E-state index is -0.775. The van der Waals surface area contributed by atoms with Gasteiger partial charge in [0.05, 0.1) is 17.2 Å². The molecule has 10 nitrogen and oxygen atoms in total. The molecule has 180 valence electrons. The lowest BCUT2D eigenvalue weighted by Crippen LogP contribution is -2.50. The zero-order chi connectivity index (χ0) is 24.2. The van der Waals surface area contributed by atoms with Crippen molar-refractivity contribution in [3.8, 4) is 11.5 Å². The Kier molecular flexibility index (Phi) is 6.85. The van der Waals surface area contributed by atoms with Crippen molar-refractivity contribution < 1.29 is 19.1 Å². The number of hydrogen-bond acceptors (Lipinski definition) is 6. The Labute approximate surface area is 196 Å². The van der Waals surface area contributed by atoms with Crippen molar-refractivity contribution >= 4 is 22.7 Å². The van der Waals surface area contributed by atoms with E-state index in [4.69, 9.17) is 9.47 Å². The molecule has 1 aromatic carbocycles. The van der Waals surface area contributed by atoms with Crippen molar-refractivity contribution in [2.24, 2.45) is 5.92 Å². The summed E-state index contributed by atoms with van der Waals surface area (Å²) in [7, 11) is 0. The molecule has 0 radical (unpaired) electrons. The van der Waals surface area contributed by atoms with Gasteiger partial charge in [0.15, 0.2) is 11.5 Å². The number of carbonyl (C=O) groups is 2. The number of nitrogens with zero attached hydrogens (tertiary/aromatic N) is 3. The van der Waals surface area contributed by atoms with E-state index in [1.165, 1.54) is 6.20 Å². The number of aromatic nitrogens is 3. The maximum atomic E-state index is 13.2. The van der Waals surface area contributed by atoms with Crippen LogP contribution in [-0.4, -0.2) is 45.3 Å². The Morgan fingerprint density at radius 1 is 1.21 bits per heavy atom. The highest BCUT2D eigenvalue weighted by Crippen LogP contribution is 2.35. The van der Waals surface area contributed by atoms with E-state index in [0.717, 1.165) is 13.0 Å². The molecule has 4 rings (SSSR count). The molecule has 34 heavy (non-hydrogen) atoms. The van der Waals surface area contributed by atoms with Crippen LogP contribution in [0.1, 0.15) is 37.6 Å². The molecule has 3 heterocycles. The fourth-order valence-corrected chi connectivity index (χ4v) is 3.96. The second-order valence-corrected chi connectivity index (χ2v) is 8.52. The number of rotatable bonds is 9. The van der Waals surface area contributed by atoms with Crippen LogP contribution in [0.4, 0.5) is 0 Å². The summed E-state index contributed by atoms with van der Waals surface area (Å²) in [4.78, 5) is 43.1. The van der Waals surface area contributed by atoms with Crippen LogP contribution in [0, 0.1) is 5.92 Å². The molecule has 1 aliphatic rings. The van der Waals surface area contributed by atoms with Gasteiger partial charge in [-0.3, -0.25) is 14.4 Å². The molecule has 10 heteroatoms. The third-order valence-corrected chi connectivity index (χ3v) is 5.85. The van der Waals surface area contributed by atoms with Gasteiger partial charge in [-0.15, -0.1) is 0 Å². The van der Waals surface area contributed by atoms with Crippen molar-refractivity contribution in [3.05, 3.63) is 52.8 Å². The van der Waals surface area contributed by atoms with Crippen LogP contribution in [-0.2, 0) is 17.9 Å². The van der Waals surface area contributed by atoms with Gasteiger partial charge in [0, 0.05) is 44.3 Å². The van der Waals surface area contributed by atoms with Crippen molar-refractivity contribution in [3.63, 3.8) is 0 Å². The maximum absolute atomic E-state index is 13.2. The lowest BCUT2D eigenvalue weighted by atomic mass is 10.0. The quantitative estimate of drug-likeness (QED) is 0.465. The van der Waals surface area contributed by atoms with E-state index in [1.807, 2.05) is 36.1 Å². The van der Waals surface area contributed by atoms with Crippen LogP contribution in [0.2, 0.25) is 0 Å². The number of aryl methyl sites for hydroxylation is 2. The summed E-state index contributed by atoms with van der Waals surface area (Å²) in [5, 5.41) is 6.00. The number of fused-ring (bicyclic) bond motifs is 2. The van der Waals surface area contributed by atoms with E-state index >= 15 is 0 Å². The summed E-state index contributed by atoms with van der Waals surface area (Å²) in [6.45, 7) is 7.44. The highest BCUT2D eigenvalue weighted by Gasteiger charge is 2.27. The summed E-state index contributed by atoms with van der Waals surface area (Å²) in [5.41, 5.74) is 0.217. The topological polar surface area (TPSA) is 116 Å². The molecule has 1 aliphatic heterocycles. The maximum Gasteiger partial charge on any atom is 0.257 e. The van der Waals surface area contributed by atoms with Gasteiger partial charge in [-0.25, -0.2) is 4.98 Å². The van der Waals surface area contributed by atoms with Crippen LogP contribution >= 0.6 is 0 Å². The SMILES string of the molecule is CCn1cc(C(=O)N[C@@H](C(=O)NCCCn2ccnc2)C(C)C)c(=O)c2cc3c(cc21)OCO3. The van der Waals surface area contributed by atoms with Crippen molar-refractivity contribution in [1.82, 2.24) is 24.8 Å². The molecule has 0 saturated heterocycles. The standard InChI is InChI=1S/C24H29N5O5/c1-4-29-12-17(22(30)16-10-19-20(11-18(16)29)34-14-33-19)23(31)27-21(15(2)3)24(32)26-6-5-8-28-9-7-25-13-28/h7,9-13,15,21H,4-6,8,14H2,1-3H3,(H,26,32)(H,27,31)/t21-/m1/s1. The third-order valence-electron chi connectivity index (χ3n) is 5.85. The van der Waals surface area contributed by atoms with Gasteiger partial charge in [0.2, 0.25) is 18.1 Å². The largest absolute Gasteiger partial charge is 0.454 e. The fourth-order valence-electron chi connectivity index (χ4n) is 3.96. The van der Waals surface area contributed by atoms with Gasteiger partial charge in [0.1, 0.15) is 11.6 Å². The number of carbonyl (C=O) groups excluding carboxylic acids is 2. The van der Waals surface area contributed by atoms with Crippen molar-refractivity contribution in [2.75, 3.05) is 13.3 Å². The minimum Gasteiger partial charge on any atom is -0.454 e. The van der Waals surface area contributed by atoms with Gasteiger partial charge in [-0.1, -0.05) is 13.8 Å². The highest BCUT2D eigenvalue weighted by atomic mass is 16.7. The van der Waals surface area contributed by atoms with Crippen LogP contribution in [0.15, 0.2) is 41.8 Å². The molecule has 0 bridgehead atoms. The Morgan fingerprint density at radius 2 is 1.97 bits per heavy atom. The zero-order valence-corrected chi connectivity index (χ0v) is 19.5. The molecule has 2 amide bonds. The Bertz CT molecular complexity index is 1250. The van der Waals surface area contributed by atoms with E-state index < -0.39 is 17.4 Å². The zero-order valence-electron chi connectivity index (χ0n) is 19.5. The molecule has 2 aromatic heterocycles. The summed E-state index contributed by atoms with van der Waals surface area (Å²) in [6, 6.07) is 2.58. The Morgan fingerprint density at radius 3 is 2.65 bits per heavy atom. The normalized spacial score (nSPS) is 13.3. The Hall–Kier alpha value is -3.82. The number of pyridine rings is 1. The van der Waals surface area contributed by atoms with Crippen LogP contribution < -0.4 is 25.5 Å². The predicted octanol–water partition coefficient (Wildman–Crippen LogP) is 1.91. The van der Waals surface area contributed by atoms with E-state index in [2.05, 4.69) is 15.6 Å². The number of nitrogens with one attached hydrogen (secondary N) is 2. The number of benzene rings is 1. The summed E-state index contributed by atoms with van der Waals surface area (Å²) in [6.07, 6.45) is 7.54. The van der Waals surface area contributed by atoms with Gasteiger partial charge in [0.25, 0.3) is 5.91 Å². The second kappa shape index (κ2) is 9.98. The third kappa shape index (κ3) is 4.75. The number of imidazole rings is 1. The first-order valence-electron chi connectivity index (χ1n) is 11.4. The molecule has 0 unspecified atom stereocenters. The first-order chi connectivity index (χ1) is 16.4. The Balaban J connectivity index is 1.50. The lowest BCUT2D eigenvalue weighted by Gasteiger charge is -2.22. The lowest BCUT2D eigenvalue weighted by molar-refractivity contribution is -0.123. The van der Waals surface area contributed by atoms with Crippen molar-refractivity contribution in [1.29, 1.82) is 0 Å². The average molecular weight is 468 g/mol. The smallest absolute Gasteiger partial charge is 0.257 e. The second-order valence-electron chi connectivity index (χ2n) is 8.52. The number of amides is 2. The molecule has 0 spiro atoms. The van der Waals surface area contributed by atoms with E-state index in [-0.39, 0.29) is 24.2 Å². The molecule has 1 atom stereocenters. The van der Waals surface area contributed by atoms with Crippen LogP contribution in [0.25, 0.3) is 10.9 Å². The van der Waals surface area contributed by atoms with Crippen LogP contribution in [0.5, 0.6) is 11.5 Å². The summed E-state index contributed by atoms with van der Waals surface area (Å²) in [5.74, 6) is 0.00378. The molecule has 3 aromatic rings. The van der Waals surface area contributed by atoms with Gasteiger partial charge >= 0.3 is 0 Å². The summed E-state index contributed by atoms with van der Waals surface area (Å²) >= 11 is 0. The fraction of sp³-hybridized carbons (Fsp3) is 0.417. The van der Waals surface area contributed by atoms with E-state index in [1.54, 1.807) is 24.7 Å². The van der Waals surface area contributed by atoms with E-state index in [0.29, 0.717) is 35.5 Å².